The van der Waals surface area contributed by atoms with Crippen molar-refractivity contribution in [2.45, 2.75) is 6.92 Å². The molecule has 25 heavy (non-hydrogen) atoms. The zero-order chi connectivity index (χ0) is 18.2. The molecule has 1 N–H and O–H groups in total. The maximum Gasteiger partial charge on any atom is 0.269 e. The number of allylic oxidation sites excluding steroid dienone is 1. The zero-order valence-corrected chi connectivity index (χ0v) is 13.9. The Hall–Kier alpha value is -3.35. The van der Waals surface area contributed by atoms with Crippen LogP contribution in [0.2, 0.25) is 0 Å². The molecule has 2 aromatic carbocycles. The number of anilines is 1. The molecule has 0 heterocycles. The normalized spacial score (nSPS) is 10.5. The number of nitrogens with zero attached hydrogens (tertiary/aromatic N) is 1. The van der Waals surface area contributed by atoms with Crippen LogP contribution in [0.3, 0.4) is 0 Å². The minimum atomic E-state index is -0.502. The number of hydrogen-bond acceptors (Lipinski definition) is 5. The number of hydrogen-bond donors (Lipinski definition) is 1. The predicted molar refractivity (Wildman–Crippen MR) is 94.9 cm³/mol. The number of carbonyl (C=O) groups is 1. The molecule has 0 unspecified atom stereocenters. The molecule has 0 saturated heterocycles. The fourth-order valence-corrected chi connectivity index (χ4v) is 2.11. The van der Waals surface area contributed by atoms with Crippen LogP contribution in [-0.4, -0.2) is 24.5 Å². The zero-order valence-electron chi connectivity index (χ0n) is 13.9. The highest BCUT2D eigenvalue weighted by Crippen LogP contribution is 2.28. The van der Waals surface area contributed by atoms with Crippen LogP contribution in [0.1, 0.15) is 12.5 Å². The monoisotopic (exact) mass is 342 g/mol. The summed E-state index contributed by atoms with van der Waals surface area (Å²) in [7, 11) is 1.53. The van der Waals surface area contributed by atoms with Crippen molar-refractivity contribution < 1.29 is 19.2 Å². The lowest BCUT2D eigenvalue weighted by Gasteiger charge is -2.11. The van der Waals surface area contributed by atoms with Crippen LogP contribution in [0.25, 0.3) is 6.08 Å². The molecular weight excluding hydrogens is 324 g/mol. The molecule has 0 bridgehead atoms. The SMILES string of the molecule is C/C=C/c1ccc(OCC(=O)Nc2ccc([N+](=O)[O-])cc2)c(OC)c1. The van der Waals surface area contributed by atoms with E-state index in [4.69, 9.17) is 9.47 Å². The van der Waals surface area contributed by atoms with E-state index in [0.717, 1.165) is 5.56 Å². The molecule has 0 aliphatic carbocycles. The van der Waals surface area contributed by atoms with E-state index < -0.39 is 4.92 Å². The van der Waals surface area contributed by atoms with Gasteiger partial charge < -0.3 is 14.8 Å². The molecule has 0 spiro atoms. The minimum absolute atomic E-state index is 0.0415. The molecule has 0 atom stereocenters. The number of nitrogens with one attached hydrogen (secondary N) is 1. The molecule has 7 nitrogen and oxygen atoms in total. The first-order valence-corrected chi connectivity index (χ1v) is 7.51. The molecule has 130 valence electrons. The Morgan fingerprint density at radius 3 is 2.52 bits per heavy atom. The summed E-state index contributed by atoms with van der Waals surface area (Å²) in [6.45, 7) is 1.70. The number of carbonyl (C=O) groups excluding carboxylic acids is 1. The van der Waals surface area contributed by atoms with Gasteiger partial charge in [-0.3, -0.25) is 14.9 Å². The van der Waals surface area contributed by atoms with Gasteiger partial charge in [-0.1, -0.05) is 18.2 Å². The average molecular weight is 342 g/mol. The van der Waals surface area contributed by atoms with E-state index in [1.54, 1.807) is 6.07 Å². The number of nitro groups is 1. The topological polar surface area (TPSA) is 90.7 Å². The summed E-state index contributed by atoms with van der Waals surface area (Å²) in [4.78, 5) is 22.1. The van der Waals surface area contributed by atoms with Crippen molar-refractivity contribution in [2.75, 3.05) is 19.0 Å². The molecule has 0 aromatic heterocycles. The Kier molecular flexibility index (Phi) is 6.11. The van der Waals surface area contributed by atoms with Crippen molar-refractivity contribution in [3.63, 3.8) is 0 Å². The Balaban J connectivity index is 1.96. The van der Waals surface area contributed by atoms with E-state index in [-0.39, 0.29) is 18.2 Å². The lowest BCUT2D eigenvalue weighted by Crippen LogP contribution is -2.20. The minimum Gasteiger partial charge on any atom is -0.493 e. The van der Waals surface area contributed by atoms with Crippen LogP contribution in [0.15, 0.2) is 48.5 Å². The third-order valence-corrected chi connectivity index (χ3v) is 3.27. The summed E-state index contributed by atoms with van der Waals surface area (Å²) in [6.07, 6.45) is 3.83. The maximum atomic E-state index is 12.0. The lowest BCUT2D eigenvalue weighted by molar-refractivity contribution is -0.384. The van der Waals surface area contributed by atoms with Gasteiger partial charge in [0.2, 0.25) is 0 Å². The van der Waals surface area contributed by atoms with Crippen LogP contribution < -0.4 is 14.8 Å². The van der Waals surface area contributed by atoms with Crippen molar-refractivity contribution in [1.82, 2.24) is 0 Å². The van der Waals surface area contributed by atoms with E-state index in [2.05, 4.69) is 5.32 Å². The maximum absolute atomic E-state index is 12.0. The smallest absolute Gasteiger partial charge is 0.269 e. The molecule has 0 radical (unpaired) electrons. The highest BCUT2D eigenvalue weighted by molar-refractivity contribution is 5.92. The van der Waals surface area contributed by atoms with Crippen molar-refractivity contribution in [3.8, 4) is 11.5 Å². The largest absolute Gasteiger partial charge is 0.493 e. The summed E-state index contributed by atoms with van der Waals surface area (Å²) < 4.78 is 10.8. The van der Waals surface area contributed by atoms with Gasteiger partial charge in [0.25, 0.3) is 11.6 Å². The molecule has 0 saturated carbocycles. The van der Waals surface area contributed by atoms with Gasteiger partial charge in [0.1, 0.15) is 0 Å². The number of benzene rings is 2. The van der Waals surface area contributed by atoms with Gasteiger partial charge in [0, 0.05) is 17.8 Å². The molecule has 0 aliphatic heterocycles. The van der Waals surface area contributed by atoms with E-state index >= 15 is 0 Å². The van der Waals surface area contributed by atoms with Crippen LogP contribution in [0.4, 0.5) is 11.4 Å². The van der Waals surface area contributed by atoms with Crippen molar-refractivity contribution >= 4 is 23.4 Å². The molecule has 0 aliphatic rings. The van der Waals surface area contributed by atoms with Gasteiger partial charge in [-0.15, -0.1) is 0 Å². The second-order valence-corrected chi connectivity index (χ2v) is 5.05. The van der Waals surface area contributed by atoms with Gasteiger partial charge in [-0.05, 0) is 36.8 Å². The third kappa shape index (κ3) is 5.07. The Bertz CT molecular complexity index is 785. The van der Waals surface area contributed by atoms with Crippen LogP contribution in [0.5, 0.6) is 11.5 Å². The number of nitro benzene ring substituents is 1. The Morgan fingerprint density at radius 2 is 1.92 bits per heavy atom. The molecule has 7 heteroatoms. The second kappa shape index (κ2) is 8.49. The first kappa shape index (κ1) is 18.0. The summed E-state index contributed by atoms with van der Waals surface area (Å²) in [5.41, 5.74) is 1.37. The fourth-order valence-electron chi connectivity index (χ4n) is 2.11. The van der Waals surface area contributed by atoms with E-state index in [0.29, 0.717) is 17.2 Å². The summed E-state index contributed by atoms with van der Waals surface area (Å²) in [6, 6.07) is 11.0. The average Bonchev–Trinajstić information content (AvgIpc) is 2.61. The van der Waals surface area contributed by atoms with Gasteiger partial charge in [0.05, 0.1) is 12.0 Å². The third-order valence-electron chi connectivity index (χ3n) is 3.27. The lowest BCUT2D eigenvalue weighted by atomic mass is 10.2. The molecule has 2 aromatic rings. The molecule has 1 amide bonds. The molecule has 0 fully saturated rings. The number of ether oxygens (including phenoxy) is 2. The fraction of sp³-hybridized carbons (Fsp3) is 0.167. The molecular formula is C18H18N2O5. The highest BCUT2D eigenvalue weighted by atomic mass is 16.6. The quantitative estimate of drug-likeness (QED) is 0.612. The standard InChI is InChI=1S/C18H18N2O5/c1-3-4-13-5-10-16(17(11-13)24-2)25-12-18(21)19-14-6-8-15(9-7-14)20(22)23/h3-11H,12H2,1-2H3,(H,19,21)/b4-3+. The number of amides is 1. The van der Waals surface area contributed by atoms with Crippen LogP contribution in [0, 0.1) is 10.1 Å². The van der Waals surface area contributed by atoms with Gasteiger partial charge in [-0.2, -0.15) is 0 Å². The van der Waals surface area contributed by atoms with Gasteiger partial charge in [0.15, 0.2) is 18.1 Å². The number of non-ortho nitro benzene ring substituents is 1. The first-order chi connectivity index (χ1) is 12.0. The van der Waals surface area contributed by atoms with Crippen LogP contribution in [-0.2, 0) is 4.79 Å². The van der Waals surface area contributed by atoms with E-state index in [1.165, 1.54) is 31.4 Å². The van der Waals surface area contributed by atoms with Crippen molar-refractivity contribution in [3.05, 3.63) is 64.2 Å². The van der Waals surface area contributed by atoms with Crippen molar-refractivity contribution in [2.24, 2.45) is 0 Å². The Morgan fingerprint density at radius 1 is 1.20 bits per heavy atom. The highest BCUT2D eigenvalue weighted by Gasteiger charge is 2.10. The summed E-state index contributed by atoms with van der Waals surface area (Å²) in [5, 5.41) is 13.2. The van der Waals surface area contributed by atoms with Crippen LogP contribution >= 0.6 is 0 Å². The van der Waals surface area contributed by atoms with Gasteiger partial charge in [-0.25, -0.2) is 0 Å². The first-order valence-electron chi connectivity index (χ1n) is 7.51. The Labute approximate surface area is 145 Å². The van der Waals surface area contributed by atoms with Crippen molar-refractivity contribution in [1.29, 1.82) is 0 Å². The summed E-state index contributed by atoms with van der Waals surface area (Å²) in [5.74, 6) is 0.599. The number of methoxy groups -OCH3 is 1. The molecule has 2 rings (SSSR count). The van der Waals surface area contributed by atoms with Gasteiger partial charge >= 0.3 is 0 Å². The van der Waals surface area contributed by atoms with E-state index in [1.807, 2.05) is 31.2 Å². The number of rotatable bonds is 7. The van der Waals surface area contributed by atoms with E-state index in [9.17, 15) is 14.9 Å². The summed E-state index contributed by atoms with van der Waals surface area (Å²) >= 11 is 0. The second-order valence-electron chi connectivity index (χ2n) is 5.05. The predicted octanol–water partition coefficient (Wildman–Crippen LogP) is 3.65.